The Morgan fingerprint density at radius 3 is 2.73 bits per heavy atom. The molecule has 1 amide bonds. The van der Waals surface area contributed by atoms with E-state index in [-0.39, 0.29) is 5.91 Å². The zero-order valence-corrected chi connectivity index (χ0v) is 8.39. The zero-order chi connectivity index (χ0) is 10.3. The van der Waals surface area contributed by atoms with Gasteiger partial charge in [-0.05, 0) is 12.1 Å². The number of carbonyl (C=O) groups excluding carboxylic acids is 1. The van der Waals surface area contributed by atoms with E-state index in [2.05, 4.69) is 10.3 Å². The molecule has 0 bridgehead atoms. The van der Waals surface area contributed by atoms with Crippen LogP contribution >= 0.6 is 0 Å². The molecule has 4 nitrogen and oxygen atoms in total. The second-order valence-electron chi connectivity index (χ2n) is 4.22. The molecular weight excluding hydrogens is 190 g/mol. The van der Waals surface area contributed by atoms with E-state index in [1.165, 1.54) is 0 Å². The van der Waals surface area contributed by atoms with Crippen LogP contribution in [0.5, 0.6) is 0 Å². The molecule has 1 N–H and O–H groups in total. The first-order valence-corrected chi connectivity index (χ1v) is 5.27. The molecule has 78 valence electrons. The summed E-state index contributed by atoms with van der Waals surface area (Å²) in [6.45, 7) is 2.81. The van der Waals surface area contributed by atoms with Gasteiger partial charge < -0.3 is 10.2 Å². The number of rotatable bonds is 1. The monoisotopic (exact) mass is 203 g/mol. The SMILES string of the molecule is O=C(c1ccncc1)N1CC2CNC2C1. The van der Waals surface area contributed by atoms with E-state index in [9.17, 15) is 4.79 Å². The molecule has 2 atom stereocenters. The Hall–Kier alpha value is -1.42. The summed E-state index contributed by atoms with van der Waals surface area (Å²) in [6.07, 6.45) is 3.33. The number of nitrogens with one attached hydrogen (secondary N) is 1. The Labute approximate surface area is 88.3 Å². The highest BCUT2D eigenvalue weighted by Gasteiger charge is 2.40. The number of fused-ring (bicyclic) bond motifs is 1. The van der Waals surface area contributed by atoms with Gasteiger partial charge in [0.25, 0.3) is 5.91 Å². The fraction of sp³-hybridized carbons (Fsp3) is 0.455. The maximum Gasteiger partial charge on any atom is 0.254 e. The average Bonchev–Trinajstić information content (AvgIpc) is 2.55. The van der Waals surface area contributed by atoms with Crippen molar-refractivity contribution in [3.63, 3.8) is 0 Å². The van der Waals surface area contributed by atoms with Gasteiger partial charge in [-0.1, -0.05) is 0 Å². The maximum atomic E-state index is 12.0. The van der Waals surface area contributed by atoms with Crippen molar-refractivity contribution >= 4 is 5.91 Å². The normalized spacial score (nSPS) is 28.4. The molecular formula is C11H13N3O. The molecule has 1 aromatic rings. The van der Waals surface area contributed by atoms with Gasteiger partial charge in [0.15, 0.2) is 0 Å². The first kappa shape index (κ1) is 8.85. The molecule has 0 aromatic carbocycles. The Morgan fingerprint density at radius 1 is 1.40 bits per heavy atom. The molecule has 15 heavy (non-hydrogen) atoms. The summed E-state index contributed by atoms with van der Waals surface area (Å²) in [6, 6.07) is 4.09. The summed E-state index contributed by atoms with van der Waals surface area (Å²) in [4.78, 5) is 17.9. The van der Waals surface area contributed by atoms with Gasteiger partial charge in [-0.2, -0.15) is 0 Å². The number of nitrogens with zero attached hydrogens (tertiary/aromatic N) is 2. The van der Waals surface area contributed by atoms with Crippen molar-refractivity contribution in [2.75, 3.05) is 19.6 Å². The van der Waals surface area contributed by atoms with Crippen LogP contribution < -0.4 is 5.32 Å². The van der Waals surface area contributed by atoms with E-state index < -0.39 is 0 Å². The molecule has 0 radical (unpaired) electrons. The average molecular weight is 203 g/mol. The van der Waals surface area contributed by atoms with Crippen LogP contribution in [0.25, 0.3) is 0 Å². The Morgan fingerprint density at radius 2 is 2.20 bits per heavy atom. The number of pyridine rings is 1. The molecule has 1 aromatic heterocycles. The lowest BCUT2D eigenvalue weighted by Crippen LogP contribution is -2.51. The van der Waals surface area contributed by atoms with Crippen molar-refractivity contribution in [2.45, 2.75) is 6.04 Å². The fourth-order valence-corrected chi connectivity index (χ4v) is 2.29. The van der Waals surface area contributed by atoms with Crippen LogP contribution in [0.2, 0.25) is 0 Å². The fourth-order valence-electron chi connectivity index (χ4n) is 2.29. The largest absolute Gasteiger partial charge is 0.337 e. The van der Waals surface area contributed by atoms with Crippen LogP contribution in [0.3, 0.4) is 0 Å². The van der Waals surface area contributed by atoms with Gasteiger partial charge in [0.05, 0.1) is 0 Å². The summed E-state index contributed by atoms with van der Waals surface area (Å²) in [5.74, 6) is 0.810. The molecule has 2 unspecified atom stereocenters. The first-order chi connectivity index (χ1) is 7.34. The summed E-state index contributed by atoms with van der Waals surface area (Å²) in [5.41, 5.74) is 0.742. The predicted octanol–water partition coefficient (Wildman–Crippen LogP) is 0.125. The van der Waals surface area contributed by atoms with Gasteiger partial charge in [-0.3, -0.25) is 9.78 Å². The Kier molecular flexibility index (Phi) is 1.95. The standard InChI is InChI=1S/C11H13N3O/c15-11(8-1-3-12-4-2-8)14-6-9-5-13-10(9)7-14/h1-4,9-10,13H,5-7H2. The Balaban J connectivity index is 1.75. The van der Waals surface area contributed by atoms with Gasteiger partial charge in [-0.25, -0.2) is 0 Å². The molecule has 3 rings (SSSR count). The van der Waals surface area contributed by atoms with E-state index in [1.54, 1.807) is 24.5 Å². The van der Waals surface area contributed by atoms with Crippen LogP contribution in [0.4, 0.5) is 0 Å². The van der Waals surface area contributed by atoms with Crippen molar-refractivity contribution in [1.82, 2.24) is 15.2 Å². The summed E-state index contributed by atoms with van der Waals surface area (Å²) in [7, 11) is 0. The summed E-state index contributed by atoms with van der Waals surface area (Å²) >= 11 is 0. The third kappa shape index (κ3) is 1.41. The molecule has 2 aliphatic rings. The third-order valence-corrected chi connectivity index (χ3v) is 3.30. The quantitative estimate of drug-likeness (QED) is 0.705. The molecule has 0 spiro atoms. The number of carbonyl (C=O) groups is 1. The lowest BCUT2D eigenvalue weighted by molar-refractivity contribution is 0.0789. The van der Waals surface area contributed by atoms with Crippen molar-refractivity contribution in [3.8, 4) is 0 Å². The zero-order valence-electron chi connectivity index (χ0n) is 8.39. The number of hydrogen-bond acceptors (Lipinski definition) is 3. The van der Waals surface area contributed by atoms with Crippen molar-refractivity contribution < 1.29 is 4.79 Å². The van der Waals surface area contributed by atoms with Crippen LogP contribution in [-0.4, -0.2) is 41.5 Å². The van der Waals surface area contributed by atoms with Crippen molar-refractivity contribution in [1.29, 1.82) is 0 Å². The smallest absolute Gasteiger partial charge is 0.254 e. The van der Waals surface area contributed by atoms with E-state index in [4.69, 9.17) is 0 Å². The van der Waals surface area contributed by atoms with E-state index >= 15 is 0 Å². The van der Waals surface area contributed by atoms with Gasteiger partial charge in [0.1, 0.15) is 0 Å². The lowest BCUT2D eigenvalue weighted by atomic mass is 9.96. The number of aromatic nitrogens is 1. The van der Waals surface area contributed by atoms with Gasteiger partial charge in [0.2, 0.25) is 0 Å². The van der Waals surface area contributed by atoms with Gasteiger partial charge >= 0.3 is 0 Å². The van der Waals surface area contributed by atoms with Crippen LogP contribution in [0, 0.1) is 5.92 Å². The minimum atomic E-state index is 0.133. The molecule has 3 heterocycles. The van der Waals surface area contributed by atoms with Gasteiger partial charge in [0, 0.05) is 49.6 Å². The van der Waals surface area contributed by atoms with Crippen LogP contribution in [-0.2, 0) is 0 Å². The molecule has 0 aliphatic carbocycles. The molecule has 4 heteroatoms. The molecule has 2 saturated heterocycles. The summed E-state index contributed by atoms with van der Waals surface area (Å²) in [5, 5.41) is 3.34. The summed E-state index contributed by atoms with van der Waals surface area (Å²) < 4.78 is 0. The van der Waals surface area contributed by atoms with E-state index in [0.29, 0.717) is 12.0 Å². The minimum absolute atomic E-state index is 0.133. The number of hydrogen-bond donors (Lipinski definition) is 1. The minimum Gasteiger partial charge on any atom is -0.337 e. The lowest BCUT2D eigenvalue weighted by Gasteiger charge is -2.29. The highest BCUT2D eigenvalue weighted by atomic mass is 16.2. The molecule has 2 fully saturated rings. The molecule has 0 saturated carbocycles. The Bertz CT molecular complexity index is 367. The predicted molar refractivity (Wildman–Crippen MR) is 55.4 cm³/mol. The number of likely N-dealkylation sites (tertiary alicyclic amines) is 1. The van der Waals surface area contributed by atoms with E-state index in [0.717, 1.165) is 25.2 Å². The first-order valence-electron chi connectivity index (χ1n) is 5.27. The number of amides is 1. The molecule has 2 aliphatic heterocycles. The second-order valence-corrected chi connectivity index (χ2v) is 4.22. The third-order valence-electron chi connectivity index (χ3n) is 3.30. The second kappa shape index (κ2) is 3.31. The van der Waals surface area contributed by atoms with Gasteiger partial charge in [-0.15, -0.1) is 0 Å². The van der Waals surface area contributed by atoms with Crippen LogP contribution in [0.1, 0.15) is 10.4 Å². The topological polar surface area (TPSA) is 45.2 Å². The van der Waals surface area contributed by atoms with E-state index in [1.807, 2.05) is 4.90 Å². The maximum absolute atomic E-state index is 12.0. The van der Waals surface area contributed by atoms with Crippen molar-refractivity contribution in [2.24, 2.45) is 5.92 Å². The van der Waals surface area contributed by atoms with Crippen molar-refractivity contribution in [3.05, 3.63) is 30.1 Å². The van der Waals surface area contributed by atoms with Crippen LogP contribution in [0.15, 0.2) is 24.5 Å². The highest BCUT2D eigenvalue weighted by molar-refractivity contribution is 5.94. The highest BCUT2D eigenvalue weighted by Crippen LogP contribution is 2.24.